The van der Waals surface area contributed by atoms with Crippen molar-refractivity contribution < 1.29 is 24.0 Å². The van der Waals surface area contributed by atoms with Gasteiger partial charge in [0.15, 0.2) is 5.96 Å². The van der Waals surface area contributed by atoms with Gasteiger partial charge in [-0.1, -0.05) is 0 Å². The minimum absolute atomic E-state index is 0.0475. The molecule has 1 heterocycles. The highest BCUT2D eigenvalue weighted by Crippen LogP contribution is 2.19. The summed E-state index contributed by atoms with van der Waals surface area (Å²) in [6.07, 6.45) is -0.439. The number of hydrogen-bond donors (Lipinski definition) is 2. The van der Waals surface area contributed by atoms with Crippen molar-refractivity contribution in [1.29, 1.82) is 0 Å². The van der Waals surface area contributed by atoms with E-state index in [0.717, 1.165) is 6.42 Å². The molecule has 1 aliphatic heterocycles. The quantitative estimate of drug-likeness (QED) is 0.318. The molecule has 164 valence electrons. The second-order valence-electron chi connectivity index (χ2n) is 7.94. The van der Waals surface area contributed by atoms with Crippen molar-refractivity contribution in [2.45, 2.75) is 39.4 Å². The molecular weight excluding hydrogens is 394 g/mol. The standard InChI is InChI=1S/C19H27N5O6/c1-19(2,3)30-18(26)23-9-8-14(11-23)10-21-16(20)22-17(25)29-12-13-4-6-15(7-5-13)24(27)28/h4-7,14H,8-12H2,1-3H3,(H3,20,21,22,25)/t14-/m1/s1. The lowest BCUT2D eigenvalue weighted by molar-refractivity contribution is -0.384. The van der Waals surface area contributed by atoms with Crippen molar-refractivity contribution in [1.82, 2.24) is 10.2 Å². The Morgan fingerprint density at radius 2 is 2.00 bits per heavy atom. The molecule has 0 saturated carbocycles. The van der Waals surface area contributed by atoms with Gasteiger partial charge in [0, 0.05) is 31.8 Å². The first kappa shape index (κ1) is 22.9. The van der Waals surface area contributed by atoms with Crippen LogP contribution >= 0.6 is 0 Å². The predicted octanol–water partition coefficient (Wildman–Crippen LogP) is 2.39. The molecule has 1 aromatic rings. The Balaban J connectivity index is 1.72. The molecule has 0 aromatic heterocycles. The smallest absolute Gasteiger partial charge is 0.437 e. The van der Waals surface area contributed by atoms with Crippen LogP contribution in [0.4, 0.5) is 15.3 Å². The molecular formula is C19H27N5O6. The summed E-state index contributed by atoms with van der Waals surface area (Å²) in [4.78, 5) is 39.2. The van der Waals surface area contributed by atoms with Gasteiger partial charge in [0.05, 0.1) is 4.92 Å². The van der Waals surface area contributed by atoms with Gasteiger partial charge < -0.3 is 25.4 Å². The summed E-state index contributed by atoms with van der Waals surface area (Å²) >= 11 is 0. The number of carbonyl (C=O) groups is 2. The average Bonchev–Trinajstić information content (AvgIpc) is 3.13. The number of aliphatic imine (C=N–C) groups is 1. The van der Waals surface area contributed by atoms with E-state index in [1.807, 2.05) is 20.8 Å². The fourth-order valence-corrected chi connectivity index (χ4v) is 2.77. The summed E-state index contributed by atoms with van der Waals surface area (Å²) in [6, 6.07) is 5.63. The number of guanidine groups is 1. The molecule has 0 radical (unpaired) electrons. The molecule has 0 bridgehead atoms. The zero-order valence-corrected chi connectivity index (χ0v) is 17.3. The largest absolute Gasteiger partial charge is 0.444 e. The number of nitrogens with one attached hydrogen (secondary N) is 1. The number of hydrogen-bond acceptors (Lipinski definition) is 6. The Labute approximate surface area is 174 Å². The molecule has 0 aliphatic carbocycles. The third-order valence-corrected chi connectivity index (χ3v) is 4.23. The van der Waals surface area contributed by atoms with E-state index in [1.165, 1.54) is 24.3 Å². The highest BCUT2D eigenvalue weighted by atomic mass is 16.6. The van der Waals surface area contributed by atoms with Crippen molar-refractivity contribution in [2.24, 2.45) is 16.6 Å². The van der Waals surface area contributed by atoms with Gasteiger partial charge >= 0.3 is 12.2 Å². The Kier molecular flexibility index (Phi) is 7.56. The summed E-state index contributed by atoms with van der Waals surface area (Å²) in [7, 11) is 0. The number of non-ortho nitro benzene ring substituents is 1. The number of nitrogens with two attached hydrogens (primary N) is 1. The van der Waals surface area contributed by atoms with E-state index >= 15 is 0 Å². The third kappa shape index (κ3) is 7.57. The number of nitro benzene ring substituents is 1. The van der Waals surface area contributed by atoms with Crippen LogP contribution < -0.4 is 11.1 Å². The molecule has 11 heteroatoms. The number of rotatable bonds is 5. The molecule has 11 nitrogen and oxygen atoms in total. The number of likely N-dealkylation sites (tertiary alicyclic amines) is 1. The first-order valence-corrected chi connectivity index (χ1v) is 9.49. The Bertz CT molecular complexity index is 803. The maximum Gasteiger partial charge on any atom is 0.437 e. The lowest BCUT2D eigenvalue weighted by atomic mass is 10.1. The molecule has 3 N–H and O–H groups in total. The number of carbonyl (C=O) groups excluding carboxylic acids is 2. The minimum atomic E-state index is -0.875. The van der Waals surface area contributed by atoms with Crippen LogP contribution in [0.1, 0.15) is 32.8 Å². The van der Waals surface area contributed by atoms with Gasteiger partial charge in [0.25, 0.3) is 5.69 Å². The van der Waals surface area contributed by atoms with Crippen LogP contribution in [0.5, 0.6) is 0 Å². The fourth-order valence-electron chi connectivity index (χ4n) is 2.77. The SMILES string of the molecule is CC(C)(C)OC(=O)N1CC[C@H](CNC(N)=NC(=O)OCc2ccc([N+](=O)[O-])cc2)C1. The van der Waals surface area contributed by atoms with E-state index < -0.39 is 16.6 Å². The van der Waals surface area contributed by atoms with E-state index in [0.29, 0.717) is 25.2 Å². The monoisotopic (exact) mass is 421 g/mol. The molecule has 2 rings (SSSR count). The Morgan fingerprint density at radius 1 is 1.33 bits per heavy atom. The van der Waals surface area contributed by atoms with E-state index in [4.69, 9.17) is 15.2 Å². The molecule has 30 heavy (non-hydrogen) atoms. The van der Waals surface area contributed by atoms with E-state index in [-0.39, 0.29) is 30.3 Å². The van der Waals surface area contributed by atoms with Crippen molar-refractivity contribution in [3.05, 3.63) is 39.9 Å². The average molecular weight is 421 g/mol. The van der Waals surface area contributed by atoms with Crippen LogP contribution in [0.15, 0.2) is 29.3 Å². The molecule has 0 spiro atoms. The number of amides is 2. The molecule has 2 amide bonds. The Morgan fingerprint density at radius 3 is 2.60 bits per heavy atom. The van der Waals surface area contributed by atoms with Gasteiger partial charge in [-0.15, -0.1) is 4.99 Å². The number of benzene rings is 1. The maximum absolute atomic E-state index is 12.1. The van der Waals surface area contributed by atoms with Crippen LogP contribution in [-0.4, -0.2) is 53.2 Å². The molecule has 0 unspecified atom stereocenters. The highest BCUT2D eigenvalue weighted by molar-refractivity contribution is 5.89. The normalized spacial score (nSPS) is 16.8. The zero-order chi connectivity index (χ0) is 22.3. The third-order valence-electron chi connectivity index (χ3n) is 4.23. The summed E-state index contributed by atoms with van der Waals surface area (Å²) < 4.78 is 10.3. The zero-order valence-electron chi connectivity index (χ0n) is 17.3. The molecule has 1 aliphatic rings. The first-order chi connectivity index (χ1) is 14.0. The number of ether oxygens (including phenoxy) is 2. The lowest BCUT2D eigenvalue weighted by Crippen LogP contribution is -2.38. The molecule has 1 atom stereocenters. The van der Waals surface area contributed by atoms with Crippen LogP contribution in [0.25, 0.3) is 0 Å². The summed E-state index contributed by atoms with van der Waals surface area (Å²) in [5, 5.41) is 13.5. The van der Waals surface area contributed by atoms with Crippen molar-refractivity contribution >= 4 is 23.8 Å². The summed E-state index contributed by atoms with van der Waals surface area (Å²) in [6.45, 7) is 6.94. The Hall–Kier alpha value is -3.37. The lowest BCUT2D eigenvalue weighted by Gasteiger charge is -2.24. The topological polar surface area (TPSA) is 149 Å². The van der Waals surface area contributed by atoms with Gasteiger partial charge in [-0.2, -0.15) is 0 Å². The van der Waals surface area contributed by atoms with E-state index in [1.54, 1.807) is 4.90 Å². The van der Waals surface area contributed by atoms with Gasteiger partial charge in [-0.05, 0) is 50.8 Å². The van der Waals surface area contributed by atoms with Gasteiger partial charge in [-0.25, -0.2) is 9.59 Å². The van der Waals surface area contributed by atoms with Crippen LogP contribution in [-0.2, 0) is 16.1 Å². The molecule has 1 fully saturated rings. The van der Waals surface area contributed by atoms with Crippen molar-refractivity contribution in [3.63, 3.8) is 0 Å². The second kappa shape index (κ2) is 9.90. The van der Waals surface area contributed by atoms with Crippen LogP contribution in [0.2, 0.25) is 0 Å². The first-order valence-electron chi connectivity index (χ1n) is 9.49. The molecule has 1 saturated heterocycles. The van der Waals surface area contributed by atoms with Gasteiger partial charge in [0.1, 0.15) is 12.2 Å². The van der Waals surface area contributed by atoms with E-state index in [9.17, 15) is 19.7 Å². The van der Waals surface area contributed by atoms with Crippen LogP contribution in [0.3, 0.4) is 0 Å². The predicted molar refractivity (Wildman–Crippen MR) is 109 cm³/mol. The fraction of sp³-hybridized carbons (Fsp3) is 0.526. The number of nitrogens with zero attached hydrogens (tertiary/aromatic N) is 3. The van der Waals surface area contributed by atoms with Crippen molar-refractivity contribution in [3.8, 4) is 0 Å². The van der Waals surface area contributed by atoms with E-state index in [2.05, 4.69) is 10.3 Å². The highest BCUT2D eigenvalue weighted by Gasteiger charge is 2.29. The minimum Gasteiger partial charge on any atom is -0.444 e. The summed E-state index contributed by atoms with van der Waals surface area (Å²) in [5.74, 6) is 0.0711. The number of nitro groups is 1. The van der Waals surface area contributed by atoms with Gasteiger partial charge in [-0.3, -0.25) is 10.1 Å². The van der Waals surface area contributed by atoms with Crippen molar-refractivity contribution in [2.75, 3.05) is 19.6 Å². The summed E-state index contributed by atoms with van der Waals surface area (Å²) in [5.41, 5.74) is 5.71. The van der Waals surface area contributed by atoms with Crippen LogP contribution in [0, 0.1) is 16.0 Å². The van der Waals surface area contributed by atoms with Gasteiger partial charge in [0.2, 0.25) is 0 Å². The maximum atomic E-state index is 12.1. The molecule has 1 aromatic carbocycles. The second-order valence-corrected chi connectivity index (χ2v) is 7.94.